The molecule has 1 aliphatic rings. The molecule has 0 N–H and O–H groups in total. The van der Waals surface area contributed by atoms with Crippen molar-refractivity contribution in [3.63, 3.8) is 0 Å². The topological polar surface area (TPSA) is 17.1 Å². The van der Waals surface area contributed by atoms with Crippen LogP contribution in [0.2, 0.25) is 0 Å². The molecule has 2 unspecified atom stereocenters. The Morgan fingerprint density at radius 2 is 1.87 bits per heavy atom. The smallest absolute Gasteiger partial charge is 0.136 e. The van der Waals surface area contributed by atoms with E-state index in [9.17, 15) is 4.79 Å². The van der Waals surface area contributed by atoms with E-state index in [1.807, 2.05) is 0 Å². The maximum Gasteiger partial charge on any atom is 0.136 e. The van der Waals surface area contributed by atoms with E-state index in [1.165, 1.54) is 19.3 Å². The van der Waals surface area contributed by atoms with Crippen LogP contribution in [0.25, 0.3) is 0 Å². The summed E-state index contributed by atoms with van der Waals surface area (Å²) in [4.78, 5) is 12.0. The van der Waals surface area contributed by atoms with Gasteiger partial charge in [0.2, 0.25) is 0 Å². The molecule has 2 atom stereocenters. The second-order valence-electron chi connectivity index (χ2n) is 5.14. The molecular formula is C14H26O. The van der Waals surface area contributed by atoms with Crippen LogP contribution in [0, 0.1) is 17.8 Å². The normalized spacial score (nSPS) is 26.1. The van der Waals surface area contributed by atoms with Crippen molar-refractivity contribution < 1.29 is 4.79 Å². The summed E-state index contributed by atoms with van der Waals surface area (Å²) in [5.74, 6) is 2.44. The lowest BCUT2D eigenvalue weighted by Gasteiger charge is -2.14. The van der Waals surface area contributed by atoms with E-state index >= 15 is 0 Å². The summed E-state index contributed by atoms with van der Waals surface area (Å²) >= 11 is 0. The van der Waals surface area contributed by atoms with Crippen LogP contribution in [0.15, 0.2) is 0 Å². The molecule has 1 aliphatic carbocycles. The molecule has 1 nitrogen and oxygen atoms in total. The van der Waals surface area contributed by atoms with Gasteiger partial charge >= 0.3 is 0 Å². The summed E-state index contributed by atoms with van der Waals surface area (Å²) in [5.41, 5.74) is 0. The molecule has 1 saturated carbocycles. The molecule has 1 rings (SSSR count). The van der Waals surface area contributed by atoms with Gasteiger partial charge in [0.05, 0.1) is 0 Å². The first kappa shape index (κ1) is 12.7. The van der Waals surface area contributed by atoms with Gasteiger partial charge in [-0.25, -0.2) is 0 Å². The molecule has 0 heterocycles. The highest BCUT2D eigenvalue weighted by Crippen LogP contribution is 2.34. The molecule has 0 aromatic heterocycles. The molecule has 0 amide bonds. The van der Waals surface area contributed by atoms with Crippen molar-refractivity contribution in [1.82, 2.24) is 0 Å². The van der Waals surface area contributed by atoms with E-state index < -0.39 is 0 Å². The van der Waals surface area contributed by atoms with Crippen LogP contribution in [-0.2, 0) is 4.79 Å². The van der Waals surface area contributed by atoms with Crippen molar-refractivity contribution in [2.75, 3.05) is 0 Å². The zero-order valence-electron chi connectivity index (χ0n) is 10.6. The highest BCUT2D eigenvalue weighted by molar-refractivity contribution is 5.81. The maximum atomic E-state index is 12.0. The van der Waals surface area contributed by atoms with Crippen molar-refractivity contribution >= 4 is 5.78 Å². The lowest BCUT2D eigenvalue weighted by atomic mass is 9.89. The maximum absolute atomic E-state index is 12.0. The number of hydrogen-bond donors (Lipinski definition) is 0. The highest BCUT2D eigenvalue weighted by atomic mass is 16.1. The lowest BCUT2D eigenvalue weighted by Crippen LogP contribution is -2.15. The van der Waals surface area contributed by atoms with Crippen LogP contribution in [-0.4, -0.2) is 5.78 Å². The molecule has 1 fully saturated rings. The van der Waals surface area contributed by atoms with Gasteiger partial charge in [-0.2, -0.15) is 0 Å². The van der Waals surface area contributed by atoms with Crippen molar-refractivity contribution in [2.45, 2.75) is 65.7 Å². The first-order valence-electron chi connectivity index (χ1n) is 6.73. The van der Waals surface area contributed by atoms with Crippen LogP contribution in [0.1, 0.15) is 65.7 Å². The minimum atomic E-state index is 0.413. The molecule has 0 radical (unpaired) electrons. The summed E-state index contributed by atoms with van der Waals surface area (Å²) < 4.78 is 0. The zero-order valence-corrected chi connectivity index (χ0v) is 10.6. The Kier molecular flexibility index (Phi) is 5.35. The summed E-state index contributed by atoms with van der Waals surface area (Å²) in [5, 5.41) is 0. The van der Waals surface area contributed by atoms with Crippen molar-refractivity contribution in [2.24, 2.45) is 17.8 Å². The van der Waals surface area contributed by atoms with E-state index in [-0.39, 0.29) is 0 Å². The molecule has 0 saturated heterocycles. The Labute approximate surface area is 94.6 Å². The number of Topliss-reactive ketones (excluding diaryl/α,β-unsaturated/α-hetero) is 1. The first-order valence-corrected chi connectivity index (χ1v) is 6.73. The second-order valence-corrected chi connectivity index (χ2v) is 5.14. The minimum absolute atomic E-state index is 0.413. The number of hydrogen-bond acceptors (Lipinski definition) is 1. The minimum Gasteiger partial charge on any atom is -0.299 e. The molecule has 0 aliphatic heterocycles. The third-order valence-corrected chi connectivity index (χ3v) is 4.22. The van der Waals surface area contributed by atoms with Gasteiger partial charge in [0.15, 0.2) is 0 Å². The quantitative estimate of drug-likeness (QED) is 0.642. The van der Waals surface area contributed by atoms with Crippen LogP contribution in [0.5, 0.6) is 0 Å². The van der Waals surface area contributed by atoms with Crippen LogP contribution >= 0.6 is 0 Å². The SMILES string of the molecule is CCC(CC)CC(=O)C1CCC(CC)C1. The Morgan fingerprint density at radius 3 is 2.33 bits per heavy atom. The first-order chi connectivity index (χ1) is 7.21. The van der Waals surface area contributed by atoms with Gasteiger partial charge in [0, 0.05) is 12.3 Å². The van der Waals surface area contributed by atoms with E-state index in [4.69, 9.17) is 0 Å². The van der Waals surface area contributed by atoms with E-state index in [1.54, 1.807) is 0 Å². The zero-order chi connectivity index (χ0) is 11.3. The van der Waals surface area contributed by atoms with Gasteiger partial charge in [0.1, 0.15) is 5.78 Å². The molecule has 1 heteroatoms. The number of carbonyl (C=O) groups is 1. The number of carbonyl (C=O) groups excluding carboxylic acids is 1. The third-order valence-electron chi connectivity index (χ3n) is 4.22. The fourth-order valence-corrected chi connectivity index (χ4v) is 2.77. The van der Waals surface area contributed by atoms with Gasteiger partial charge < -0.3 is 0 Å². The summed E-state index contributed by atoms with van der Waals surface area (Å²) in [6.07, 6.45) is 8.05. The average molecular weight is 210 g/mol. The van der Waals surface area contributed by atoms with Crippen LogP contribution in [0.4, 0.5) is 0 Å². The summed E-state index contributed by atoms with van der Waals surface area (Å²) in [6.45, 7) is 6.65. The Balaban J connectivity index is 2.34. The predicted octanol–water partition coefficient (Wildman–Crippen LogP) is 4.21. The van der Waals surface area contributed by atoms with Crippen molar-refractivity contribution in [1.29, 1.82) is 0 Å². The lowest BCUT2D eigenvalue weighted by molar-refractivity contribution is -0.123. The molecule has 0 aromatic carbocycles. The predicted molar refractivity (Wildman–Crippen MR) is 64.8 cm³/mol. The standard InChI is InChI=1S/C14H26O/c1-4-11(5-2)10-14(15)13-8-7-12(6-3)9-13/h11-13H,4-10H2,1-3H3. The largest absolute Gasteiger partial charge is 0.299 e. The molecular weight excluding hydrogens is 184 g/mol. The molecule has 0 aromatic rings. The second kappa shape index (κ2) is 6.30. The van der Waals surface area contributed by atoms with E-state index in [2.05, 4.69) is 20.8 Å². The Hall–Kier alpha value is -0.330. The monoisotopic (exact) mass is 210 g/mol. The number of rotatable bonds is 6. The fraction of sp³-hybridized carbons (Fsp3) is 0.929. The van der Waals surface area contributed by atoms with E-state index in [0.717, 1.165) is 31.6 Å². The Morgan fingerprint density at radius 1 is 1.20 bits per heavy atom. The summed E-state index contributed by atoms with van der Waals surface area (Å²) in [7, 11) is 0. The van der Waals surface area contributed by atoms with Crippen LogP contribution in [0.3, 0.4) is 0 Å². The molecule has 15 heavy (non-hydrogen) atoms. The van der Waals surface area contributed by atoms with Gasteiger partial charge in [0.25, 0.3) is 0 Å². The van der Waals surface area contributed by atoms with Gasteiger partial charge in [-0.05, 0) is 31.1 Å². The van der Waals surface area contributed by atoms with Crippen molar-refractivity contribution in [3.05, 3.63) is 0 Å². The van der Waals surface area contributed by atoms with Gasteiger partial charge in [-0.15, -0.1) is 0 Å². The van der Waals surface area contributed by atoms with Gasteiger partial charge in [-0.3, -0.25) is 4.79 Å². The highest BCUT2D eigenvalue weighted by Gasteiger charge is 2.29. The Bertz CT molecular complexity index is 194. The average Bonchev–Trinajstić information content (AvgIpc) is 2.74. The molecule has 0 spiro atoms. The fourth-order valence-electron chi connectivity index (χ4n) is 2.77. The molecule has 88 valence electrons. The van der Waals surface area contributed by atoms with Crippen LogP contribution < -0.4 is 0 Å². The van der Waals surface area contributed by atoms with Crippen molar-refractivity contribution in [3.8, 4) is 0 Å². The van der Waals surface area contributed by atoms with E-state index in [0.29, 0.717) is 17.6 Å². The summed E-state index contributed by atoms with van der Waals surface area (Å²) in [6, 6.07) is 0. The third kappa shape index (κ3) is 3.62. The van der Waals surface area contributed by atoms with Gasteiger partial charge in [-0.1, -0.05) is 40.0 Å². The number of ketones is 1. The molecule has 0 bridgehead atoms.